The van der Waals surface area contributed by atoms with Crippen LogP contribution in [0.4, 0.5) is 0 Å². The zero-order valence-electron chi connectivity index (χ0n) is 7.67. The second-order valence-corrected chi connectivity index (χ2v) is 3.15. The van der Waals surface area contributed by atoms with E-state index in [0.29, 0.717) is 19.0 Å². The lowest BCUT2D eigenvalue weighted by atomic mass is 10.0. The van der Waals surface area contributed by atoms with E-state index in [1.54, 1.807) is 14.0 Å². The van der Waals surface area contributed by atoms with E-state index >= 15 is 0 Å². The molecule has 1 atom stereocenters. The van der Waals surface area contributed by atoms with Gasteiger partial charge in [0.25, 0.3) is 0 Å². The van der Waals surface area contributed by atoms with Gasteiger partial charge in [0.15, 0.2) is 0 Å². The molecule has 0 spiro atoms. The summed E-state index contributed by atoms with van der Waals surface area (Å²) in [6.07, 6.45) is 0.903. The Morgan fingerprint density at radius 3 is 2.92 bits per heavy atom. The van der Waals surface area contributed by atoms with Crippen LogP contribution in [0, 0.1) is 0 Å². The van der Waals surface area contributed by atoms with Gasteiger partial charge in [-0.05, 0) is 6.92 Å². The van der Waals surface area contributed by atoms with Gasteiger partial charge < -0.3 is 15.2 Å². The number of nitrogens with two attached hydrogens (primary N) is 1. The van der Waals surface area contributed by atoms with Gasteiger partial charge in [-0.1, -0.05) is 0 Å². The van der Waals surface area contributed by atoms with Crippen molar-refractivity contribution >= 4 is 5.84 Å². The number of hydrogen-bond acceptors (Lipinski definition) is 3. The highest BCUT2D eigenvalue weighted by molar-refractivity contribution is 5.77. The molecule has 0 amide bonds. The molecule has 0 aliphatic carbocycles. The van der Waals surface area contributed by atoms with Gasteiger partial charge in [-0.25, -0.2) is 0 Å². The molecule has 1 rings (SSSR count). The van der Waals surface area contributed by atoms with Gasteiger partial charge in [0.2, 0.25) is 0 Å². The smallest absolute Gasteiger partial charge is 0.113 e. The molecule has 1 aliphatic heterocycles. The minimum Gasteiger partial charge on any atom is -0.388 e. The highest BCUT2D eigenvalue weighted by atomic mass is 16.5. The normalized spacial score (nSPS) is 31.0. The van der Waals surface area contributed by atoms with Gasteiger partial charge in [-0.15, -0.1) is 0 Å². The molecule has 2 N–H and O–H groups in total. The second kappa shape index (κ2) is 3.87. The summed E-state index contributed by atoms with van der Waals surface area (Å²) < 4.78 is 10.6. The summed E-state index contributed by atoms with van der Waals surface area (Å²) in [5.41, 5.74) is 5.22. The third-order valence-corrected chi connectivity index (χ3v) is 2.12. The van der Waals surface area contributed by atoms with Crippen molar-refractivity contribution in [3.63, 3.8) is 0 Å². The zero-order valence-corrected chi connectivity index (χ0v) is 7.67. The molecule has 1 unspecified atom stereocenters. The summed E-state index contributed by atoms with van der Waals surface area (Å²) in [6.45, 7) is 3.76. The van der Waals surface area contributed by atoms with E-state index in [1.807, 2.05) is 0 Å². The fourth-order valence-electron chi connectivity index (χ4n) is 1.21. The second-order valence-electron chi connectivity index (χ2n) is 3.15. The average molecular weight is 172 g/mol. The van der Waals surface area contributed by atoms with Gasteiger partial charge in [0.05, 0.1) is 19.0 Å². The molecule has 4 heteroatoms. The molecular formula is C8H16N2O2. The van der Waals surface area contributed by atoms with Crippen molar-refractivity contribution < 1.29 is 9.47 Å². The number of rotatable bonds is 3. The first-order valence-corrected chi connectivity index (χ1v) is 4.08. The lowest BCUT2D eigenvalue weighted by Crippen LogP contribution is -2.36. The summed E-state index contributed by atoms with van der Waals surface area (Å²) in [6, 6.07) is 0. The SMILES string of the molecule is COC1(CN=C(C)N)CCOC1. The first-order chi connectivity index (χ1) is 5.68. The van der Waals surface area contributed by atoms with Crippen molar-refractivity contribution in [3.05, 3.63) is 0 Å². The maximum Gasteiger partial charge on any atom is 0.113 e. The number of methoxy groups -OCH3 is 1. The van der Waals surface area contributed by atoms with E-state index < -0.39 is 0 Å². The van der Waals surface area contributed by atoms with Crippen molar-refractivity contribution in [1.82, 2.24) is 0 Å². The highest BCUT2D eigenvalue weighted by Gasteiger charge is 2.34. The molecule has 4 nitrogen and oxygen atoms in total. The molecule has 0 aromatic rings. The standard InChI is InChI=1S/C8H16N2O2/c1-7(9)10-5-8(11-2)3-4-12-6-8/h3-6H2,1-2H3,(H2,9,10). The Bertz CT molecular complexity index is 170. The van der Waals surface area contributed by atoms with Crippen molar-refractivity contribution in [2.24, 2.45) is 10.7 Å². The van der Waals surface area contributed by atoms with Crippen molar-refractivity contribution in [2.75, 3.05) is 26.9 Å². The van der Waals surface area contributed by atoms with Gasteiger partial charge in [-0.3, -0.25) is 4.99 Å². The lowest BCUT2D eigenvalue weighted by Gasteiger charge is -2.23. The Labute approximate surface area is 72.8 Å². The fraction of sp³-hybridized carbons (Fsp3) is 0.875. The Morgan fingerprint density at radius 1 is 1.75 bits per heavy atom. The largest absolute Gasteiger partial charge is 0.388 e. The minimum atomic E-state index is -0.222. The van der Waals surface area contributed by atoms with Crippen LogP contribution < -0.4 is 5.73 Å². The van der Waals surface area contributed by atoms with Crippen LogP contribution in [-0.2, 0) is 9.47 Å². The van der Waals surface area contributed by atoms with Crippen LogP contribution in [-0.4, -0.2) is 38.3 Å². The van der Waals surface area contributed by atoms with E-state index in [0.717, 1.165) is 13.0 Å². The predicted octanol–water partition coefficient (Wildman–Crippen LogP) is 0.169. The summed E-state index contributed by atoms with van der Waals surface area (Å²) >= 11 is 0. The molecule has 0 radical (unpaired) electrons. The third-order valence-electron chi connectivity index (χ3n) is 2.12. The van der Waals surface area contributed by atoms with E-state index in [1.165, 1.54) is 0 Å². The molecule has 0 saturated carbocycles. The first kappa shape index (κ1) is 9.48. The molecule has 1 fully saturated rings. The number of amidine groups is 1. The van der Waals surface area contributed by atoms with Gasteiger partial charge in [-0.2, -0.15) is 0 Å². The molecule has 0 aromatic heterocycles. The number of hydrogen-bond donors (Lipinski definition) is 1. The number of nitrogens with zero attached hydrogens (tertiary/aromatic N) is 1. The van der Waals surface area contributed by atoms with Crippen LogP contribution in [0.5, 0.6) is 0 Å². The first-order valence-electron chi connectivity index (χ1n) is 4.08. The van der Waals surface area contributed by atoms with E-state index in [2.05, 4.69) is 4.99 Å². The summed E-state index contributed by atoms with van der Waals surface area (Å²) in [5.74, 6) is 0.596. The van der Waals surface area contributed by atoms with Crippen LogP contribution in [0.15, 0.2) is 4.99 Å². The maximum absolute atomic E-state index is 5.44. The predicted molar refractivity (Wildman–Crippen MR) is 47.3 cm³/mol. The molecular weight excluding hydrogens is 156 g/mol. The van der Waals surface area contributed by atoms with Gasteiger partial charge >= 0.3 is 0 Å². The van der Waals surface area contributed by atoms with Gasteiger partial charge in [0, 0.05) is 20.1 Å². The molecule has 12 heavy (non-hydrogen) atoms. The lowest BCUT2D eigenvalue weighted by molar-refractivity contribution is -0.00901. The van der Waals surface area contributed by atoms with E-state index in [-0.39, 0.29) is 5.60 Å². The highest BCUT2D eigenvalue weighted by Crippen LogP contribution is 2.22. The summed E-state index contributed by atoms with van der Waals surface area (Å²) in [5, 5.41) is 0. The molecule has 1 saturated heterocycles. The van der Waals surface area contributed by atoms with Crippen LogP contribution >= 0.6 is 0 Å². The van der Waals surface area contributed by atoms with Crippen molar-refractivity contribution in [1.29, 1.82) is 0 Å². The Morgan fingerprint density at radius 2 is 2.50 bits per heavy atom. The topological polar surface area (TPSA) is 56.8 Å². The minimum absolute atomic E-state index is 0.222. The summed E-state index contributed by atoms with van der Waals surface area (Å²) in [4.78, 5) is 4.14. The molecule has 0 bridgehead atoms. The zero-order chi connectivity index (χ0) is 9.03. The maximum atomic E-state index is 5.44. The fourth-order valence-corrected chi connectivity index (χ4v) is 1.21. The van der Waals surface area contributed by atoms with Crippen LogP contribution in [0.3, 0.4) is 0 Å². The Kier molecular flexibility index (Phi) is 3.05. The Hall–Kier alpha value is -0.610. The molecule has 1 aliphatic rings. The molecule has 70 valence electrons. The molecule has 1 heterocycles. The van der Waals surface area contributed by atoms with Crippen LogP contribution in [0.1, 0.15) is 13.3 Å². The van der Waals surface area contributed by atoms with Crippen molar-refractivity contribution in [3.8, 4) is 0 Å². The van der Waals surface area contributed by atoms with Crippen LogP contribution in [0.25, 0.3) is 0 Å². The van der Waals surface area contributed by atoms with Gasteiger partial charge in [0.1, 0.15) is 5.60 Å². The monoisotopic (exact) mass is 172 g/mol. The molecule has 0 aromatic carbocycles. The average Bonchev–Trinajstić information content (AvgIpc) is 2.50. The number of ether oxygens (including phenoxy) is 2. The van der Waals surface area contributed by atoms with E-state index in [4.69, 9.17) is 15.2 Å². The Balaban J connectivity index is 2.50. The van der Waals surface area contributed by atoms with E-state index in [9.17, 15) is 0 Å². The van der Waals surface area contributed by atoms with Crippen molar-refractivity contribution in [2.45, 2.75) is 18.9 Å². The third kappa shape index (κ3) is 2.19. The summed E-state index contributed by atoms with van der Waals surface area (Å²) in [7, 11) is 1.69. The quantitative estimate of drug-likeness (QED) is 0.487. The number of aliphatic imine (C=N–C) groups is 1. The van der Waals surface area contributed by atoms with Crippen LogP contribution in [0.2, 0.25) is 0 Å².